The number of hydrogen-bond acceptors (Lipinski definition) is 2. The van der Waals surface area contributed by atoms with E-state index in [1.54, 1.807) is 6.20 Å². The molecular weight excluding hydrogens is 210 g/mol. The van der Waals surface area contributed by atoms with Crippen LogP contribution in [-0.2, 0) is 0 Å². The first kappa shape index (κ1) is 15.8. The number of pyridine rings is 1. The summed E-state index contributed by atoms with van der Waals surface area (Å²) in [7, 11) is 0. The minimum Gasteiger partial charge on any atom is -0.292 e. The molecule has 1 heterocycles. The van der Waals surface area contributed by atoms with Gasteiger partial charge in [0.1, 0.15) is 5.69 Å². The summed E-state index contributed by atoms with van der Waals surface area (Å²) in [6.07, 6.45) is 6.94. The van der Waals surface area contributed by atoms with Crippen LogP contribution < -0.4 is 0 Å². The Kier molecular flexibility index (Phi) is 9.31. The fraction of sp³-hybridized carbons (Fsp3) is 0.600. The van der Waals surface area contributed by atoms with E-state index < -0.39 is 0 Å². The first-order valence-corrected chi connectivity index (χ1v) is 6.70. The third-order valence-electron chi connectivity index (χ3n) is 2.45. The molecule has 0 radical (unpaired) electrons. The molecule has 0 saturated carbocycles. The molecule has 1 rings (SSSR count). The van der Waals surface area contributed by atoms with E-state index >= 15 is 0 Å². The number of hydrogen-bond donors (Lipinski definition) is 0. The fourth-order valence-electron chi connectivity index (χ4n) is 1.47. The van der Waals surface area contributed by atoms with Crippen molar-refractivity contribution in [2.45, 2.75) is 59.8 Å². The summed E-state index contributed by atoms with van der Waals surface area (Å²) in [5.74, 6) is 0.172. The first-order chi connectivity index (χ1) is 8.24. The molecule has 0 amide bonds. The molecule has 1 aromatic heterocycles. The minimum atomic E-state index is 0.172. The Bertz CT molecular complexity index is 303. The molecule has 0 aliphatic heterocycles. The van der Waals surface area contributed by atoms with Crippen molar-refractivity contribution in [3.63, 3.8) is 0 Å². The van der Waals surface area contributed by atoms with Crippen molar-refractivity contribution in [1.29, 1.82) is 0 Å². The zero-order valence-corrected chi connectivity index (χ0v) is 11.6. The Hall–Kier alpha value is -1.18. The molecule has 1 aromatic rings. The van der Waals surface area contributed by atoms with Gasteiger partial charge in [-0.1, -0.05) is 46.1 Å². The summed E-state index contributed by atoms with van der Waals surface area (Å²) in [5, 5.41) is 0. The lowest BCUT2D eigenvalue weighted by molar-refractivity contribution is 0.0974. The molecular formula is C15H25NO. The standard InChI is InChI=1S/C13H19NO.C2H6/c1-3-4-5-6-7-13(15)12-9-8-11(2)10-14-12;1-2/h8-10H,3-7H2,1-2H3;1-2H3. The van der Waals surface area contributed by atoms with Crippen molar-refractivity contribution in [2.24, 2.45) is 0 Å². The van der Waals surface area contributed by atoms with Crippen LogP contribution in [0.3, 0.4) is 0 Å². The van der Waals surface area contributed by atoms with E-state index in [1.807, 2.05) is 32.9 Å². The van der Waals surface area contributed by atoms with Gasteiger partial charge in [-0.3, -0.25) is 9.78 Å². The number of carbonyl (C=O) groups excluding carboxylic acids is 1. The number of nitrogens with zero attached hydrogens (tertiary/aromatic N) is 1. The highest BCUT2D eigenvalue weighted by Crippen LogP contribution is 2.07. The zero-order chi connectivity index (χ0) is 13.1. The molecule has 96 valence electrons. The summed E-state index contributed by atoms with van der Waals surface area (Å²) in [6.45, 7) is 8.14. The van der Waals surface area contributed by atoms with E-state index in [2.05, 4.69) is 11.9 Å². The van der Waals surface area contributed by atoms with Crippen molar-refractivity contribution in [2.75, 3.05) is 0 Å². The predicted octanol–water partition coefficient (Wildman–Crippen LogP) is 4.57. The van der Waals surface area contributed by atoms with Crippen molar-refractivity contribution in [3.8, 4) is 0 Å². The minimum absolute atomic E-state index is 0.172. The Balaban J connectivity index is 0.00000121. The van der Waals surface area contributed by atoms with Gasteiger partial charge < -0.3 is 0 Å². The number of unbranched alkanes of at least 4 members (excludes halogenated alkanes) is 3. The fourth-order valence-corrected chi connectivity index (χ4v) is 1.47. The lowest BCUT2D eigenvalue weighted by Crippen LogP contribution is -2.01. The van der Waals surface area contributed by atoms with Crippen molar-refractivity contribution in [3.05, 3.63) is 29.6 Å². The SMILES string of the molecule is CC.CCCCCCC(=O)c1ccc(C)cn1. The molecule has 0 fully saturated rings. The number of aryl methyl sites for hydroxylation is 1. The van der Waals surface area contributed by atoms with Crippen molar-refractivity contribution < 1.29 is 4.79 Å². The van der Waals surface area contributed by atoms with Crippen molar-refractivity contribution >= 4 is 5.78 Å². The van der Waals surface area contributed by atoms with E-state index in [1.165, 1.54) is 12.8 Å². The summed E-state index contributed by atoms with van der Waals surface area (Å²) in [6, 6.07) is 3.75. The number of carbonyl (C=O) groups is 1. The van der Waals surface area contributed by atoms with Crippen LogP contribution in [0.1, 0.15) is 68.9 Å². The van der Waals surface area contributed by atoms with Gasteiger partial charge in [0.15, 0.2) is 5.78 Å². The molecule has 0 saturated heterocycles. The molecule has 0 aliphatic carbocycles. The molecule has 2 heteroatoms. The van der Waals surface area contributed by atoms with E-state index in [-0.39, 0.29) is 5.78 Å². The average Bonchev–Trinajstić information content (AvgIpc) is 2.38. The Labute approximate surface area is 105 Å². The quantitative estimate of drug-likeness (QED) is 0.534. The molecule has 17 heavy (non-hydrogen) atoms. The van der Waals surface area contributed by atoms with Gasteiger partial charge in [0.2, 0.25) is 0 Å². The Morgan fingerprint density at radius 1 is 1.18 bits per heavy atom. The molecule has 0 spiro atoms. The van der Waals surface area contributed by atoms with Crippen LogP contribution >= 0.6 is 0 Å². The highest BCUT2D eigenvalue weighted by molar-refractivity contribution is 5.94. The molecule has 2 nitrogen and oxygen atoms in total. The van der Waals surface area contributed by atoms with Gasteiger partial charge in [-0.15, -0.1) is 0 Å². The maximum absolute atomic E-state index is 11.7. The second-order valence-electron chi connectivity index (χ2n) is 3.95. The summed E-state index contributed by atoms with van der Waals surface area (Å²) in [4.78, 5) is 15.8. The van der Waals surface area contributed by atoms with Gasteiger partial charge in [0.05, 0.1) is 0 Å². The highest BCUT2D eigenvalue weighted by atomic mass is 16.1. The molecule has 0 N–H and O–H groups in total. The molecule has 0 bridgehead atoms. The predicted molar refractivity (Wildman–Crippen MR) is 73.4 cm³/mol. The number of ketones is 1. The average molecular weight is 235 g/mol. The van der Waals surface area contributed by atoms with Crippen LogP contribution in [0.25, 0.3) is 0 Å². The second-order valence-corrected chi connectivity index (χ2v) is 3.95. The maximum Gasteiger partial charge on any atom is 0.181 e. The number of aromatic nitrogens is 1. The summed E-state index contributed by atoms with van der Waals surface area (Å²) in [5.41, 5.74) is 1.70. The lowest BCUT2D eigenvalue weighted by Gasteiger charge is -2.00. The van der Waals surface area contributed by atoms with E-state index in [9.17, 15) is 4.79 Å². The Morgan fingerprint density at radius 2 is 1.88 bits per heavy atom. The van der Waals surface area contributed by atoms with Gasteiger partial charge >= 0.3 is 0 Å². The molecule has 0 aliphatic rings. The zero-order valence-electron chi connectivity index (χ0n) is 11.6. The number of rotatable bonds is 6. The van der Waals surface area contributed by atoms with Crippen LogP contribution in [0, 0.1) is 6.92 Å². The van der Waals surface area contributed by atoms with Gasteiger partial charge in [0, 0.05) is 12.6 Å². The molecule has 0 unspecified atom stereocenters. The molecule has 0 aromatic carbocycles. The van der Waals surface area contributed by atoms with Gasteiger partial charge in [-0.05, 0) is 25.0 Å². The monoisotopic (exact) mass is 235 g/mol. The lowest BCUT2D eigenvalue weighted by atomic mass is 10.1. The van der Waals surface area contributed by atoms with E-state index in [0.29, 0.717) is 12.1 Å². The normalized spacial score (nSPS) is 9.41. The van der Waals surface area contributed by atoms with E-state index in [4.69, 9.17) is 0 Å². The van der Waals surface area contributed by atoms with Crippen LogP contribution in [-0.4, -0.2) is 10.8 Å². The number of Topliss-reactive ketones (excluding diaryl/α,β-unsaturated/α-hetero) is 1. The maximum atomic E-state index is 11.7. The van der Waals surface area contributed by atoms with Gasteiger partial charge in [0.25, 0.3) is 0 Å². The summed E-state index contributed by atoms with van der Waals surface area (Å²) >= 11 is 0. The van der Waals surface area contributed by atoms with Crippen LogP contribution in [0.2, 0.25) is 0 Å². The first-order valence-electron chi connectivity index (χ1n) is 6.70. The topological polar surface area (TPSA) is 30.0 Å². The third kappa shape index (κ3) is 6.88. The van der Waals surface area contributed by atoms with Gasteiger partial charge in [-0.2, -0.15) is 0 Å². The van der Waals surface area contributed by atoms with Crippen LogP contribution in [0.15, 0.2) is 18.3 Å². The molecule has 0 atom stereocenters. The summed E-state index contributed by atoms with van der Waals surface area (Å²) < 4.78 is 0. The van der Waals surface area contributed by atoms with E-state index in [0.717, 1.165) is 18.4 Å². The smallest absolute Gasteiger partial charge is 0.181 e. The third-order valence-corrected chi connectivity index (χ3v) is 2.45. The van der Waals surface area contributed by atoms with Gasteiger partial charge in [-0.25, -0.2) is 0 Å². The largest absolute Gasteiger partial charge is 0.292 e. The van der Waals surface area contributed by atoms with Crippen molar-refractivity contribution in [1.82, 2.24) is 4.98 Å². The highest BCUT2D eigenvalue weighted by Gasteiger charge is 2.05. The Morgan fingerprint density at radius 3 is 2.41 bits per heavy atom. The van der Waals surface area contributed by atoms with Crippen LogP contribution in [0.5, 0.6) is 0 Å². The van der Waals surface area contributed by atoms with Crippen LogP contribution in [0.4, 0.5) is 0 Å². The second kappa shape index (κ2) is 10.0.